The summed E-state index contributed by atoms with van der Waals surface area (Å²) in [5.41, 5.74) is 0. The summed E-state index contributed by atoms with van der Waals surface area (Å²) in [6.07, 6.45) is -0.986. The van der Waals surface area contributed by atoms with Gasteiger partial charge in [0.15, 0.2) is 6.29 Å². The van der Waals surface area contributed by atoms with Crippen molar-refractivity contribution >= 4 is 0 Å². The Morgan fingerprint density at radius 2 is 1.67 bits per heavy atom. The summed E-state index contributed by atoms with van der Waals surface area (Å²) in [6, 6.07) is 0. The van der Waals surface area contributed by atoms with E-state index in [0.717, 1.165) is 19.3 Å². The molecule has 2 saturated heterocycles. The van der Waals surface area contributed by atoms with Crippen LogP contribution >= 0.6 is 0 Å². The molecule has 2 rings (SSSR count). The first-order chi connectivity index (χ1) is 7.20. The lowest BCUT2D eigenvalue weighted by Crippen LogP contribution is -2.58. The van der Waals surface area contributed by atoms with E-state index in [2.05, 4.69) is 0 Å². The highest BCUT2D eigenvalue weighted by Crippen LogP contribution is 2.26. The zero-order valence-electron chi connectivity index (χ0n) is 8.58. The fraction of sp³-hybridized carbons (Fsp3) is 1.00. The Balaban J connectivity index is 2.08. The first-order valence-corrected chi connectivity index (χ1v) is 5.51. The highest BCUT2D eigenvalue weighted by molar-refractivity contribution is 4.89. The number of hydrogen-bond donors (Lipinski definition) is 3. The van der Waals surface area contributed by atoms with Gasteiger partial charge < -0.3 is 24.8 Å². The summed E-state index contributed by atoms with van der Waals surface area (Å²) in [5, 5.41) is 28.9. The summed E-state index contributed by atoms with van der Waals surface area (Å²) in [7, 11) is 0. The molecule has 0 aliphatic carbocycles. The molecule has 2 aliphatic heterocycles. The molecule has 0 radical (unpaired) electrons. The lowest BCUT2D eigenvalue weighted by molar-refractivity contribution is -0.295. The number of ether oxygens (including phenoxy) is 2. The molecule has 15 heavy (non-hydrogen) atoms. The molecule has 3 unspecified atom stereocenters. The summed E-state index contributed by atoms with van der Waals surface area (Å²) in [6.45, 7) is 0.525. The van der Waals surface area contributed by atoms with E-state index in [1.165, 1.54) is 0 Å². The maximum absolute atomic E-state index is 9.68. The molecule has 5 heteroatoms. The van der Waals surface area contributed by atoms with Crippen molar-refractivity contribution in [2.75, 3.05) is 6.61 Å². The molecule has 5 atom stereocenters. The molecule has 0 amide bonds. The van der Waals surface area contributed by atoms with E-state index in [1.807, 2.05) is 0 Å². The average Bonchev–Trinajstić information content (AvgIpc) is 2.34. The summed E-state index contributed by atoms with van der Waals surface area (Å²) in [5.74, 6) is 0. The van der Waals surface area contributed by atoms with Gasteiger partial charge in [0, 0.05) is 6.61 Å². The second-order valence-corrected chi connectivity index (χ2v) is 4.23. The Bertz CT molecular complexity index is 186. The van der Waals surface area contributed by atoms with Crippen molar-refractivity contribution in [1.29, 1.82) is 0 Å². The van der Waals surface area contributed by atoms with Gasteiger partial charge in [0.05, 0.1) is 6.10 Å². The number of aliphatic hydroxyl groups is 3. The molecule has 2 heterocycles. The molecular formula is C10H18O5. The van der Waals surface area contributed by atoms with E-state index >= 15 is 0 Å². The molecule has 2 fully saturated rings. The largest absolute Gasteiger partial charge is 0.388 e. The molecule has 5 nitrogen and oxygen atoms in total. The SMILES string of the molecule is OC1C(O)[C@H](O)C2CCCCCO[C@H]1O2. The van der Waals surface area contributed by atoms with Gasteiger partial charge in [0.25, 0.3) is 0 Å². The molecule has 0 aromatic heterocycles. The Morgan fingerprint density at radius 1 is 0.867 bits per heavy atom. The highest BCUT2D eigenvalue weighted by atomic mass is 16.7. The fourth-order valence-corrected chi connectivity index (χ4v) is 2.12. The van der Waals surface area contributed by atoms with Crippen LogP contribution in [-0.2, 0) is 9.47 Å². The van der Waals surface area contributed by atoms with Crippen LogP contribution in [-0.4, -0.2) is 52.6 Å². The minimum atomic E-state index is -1.17. The van der Waals surface area contributed by atoms with Crippen LogP contribution in [0.15, 0.2) is 0 Å². The average molecular weight is 218 g/mol. The van der Waals surface area contributed by atoms with E-state index in [-0.39, 0.29) is 0 Å². The summed E-state index contributed by atoms with van der Waals surface area (Å²) in [4.78, 5) is 0. The third kappa shape index (κ3) is 2.32. The Kier molecular flexibility index (Phi) is 3.58. The van der Waals surface area contributed by atoms with Gasteiger partial charge in [-0.15, -0.1) is 0 Å². The van der Waals surface area contributed by atoms with Gasteiger partial charge in [-0.3, -0.25) is 0 Å². The number of aliphatic hydroxyl groups excluding tert-OH is 3. The van der Waals surface area contributed by atoms with Crippen LogP contribution in [0.1, 0.15) is 25.7 Å². The second-order valence-electron chi connectivity index (χ2n) is 4.23. The molecule has 3 N–H and O–H groups in total. The van der Waals surface area contributed by atoms with Crippen molar-refractivity contribution in [2.24, 2.45) is 0 Å². The molecular weight excluding hydrogens is 200 g/mol. The summed E-state index contributed by atoms with van der Waals surface area (Å²) >= 11 is 0. The van der Waals surface area contributed by atoms with E-state index in [0.29, 0.717) is 13.0 Å². The maximum Gasteiger partial charge on any atom is 0.186 e. The minimum absolute atomic E-state index is 0.425. The van der Waals surface area contributed by atoms with E-state index in [9.17, 15) is 15.3 Å². The second kappa shape index (κ2) is 4.76. The van der Waals surface area contributed by atoms with Gasteiger partial charge in [-0.2, -0.15) is 0 Å². The van der Waals surface area contributed by atoms with Crippen molar-refractivity contribution in [1.82, 2.24) is 0 Å². The standard InChI is InChI=1S/C10H18O5/c11-7-6-4-2-1-3-5-14-10(15-6)9(13)8(7)12/h6-13H,1-5H2/t6?,7-,8?,9?,10+/m1/s1. The van der Waals surface area contributed by atoms with Crippen molar-refractivity contribution in [3.05, 3.63) is 0 Å². The van der Waals surface area contributed by atoms with Crippen LogP contribution in [0, 0.1) is 0 Å². The number of rotatable bonds is 0. The lowest BCUT2D eigenvalue weighted by Gasteiger charge is -2.39. The van der Waals surface area contributed by atoms with E-state index < -0.39 is 30.7 Å². The molecule has 0 aromatic carbocycles. The van der Waals surface area contributed by atoms with Gasteiger partial charge in [-0.05, 0) is 12.8 Å². The van der Waals surface area contributed by atoms with Gasteiger partial charge in [0.1, 0.15) is 18.3 Å². The van der Waals surface area contributed by atoms with Gasteiger partial charge in [-0.1, -0.05) is 12.8 Å². The topological polar surface area (TPSA) is 79.2 Å². The first kappa shape index (κ1) is 11.3. The monoisotopic (exact) mass is 218 g/mol. The van der Waals surface area contributed by atoms with Crippen LogP contribution in [0.2, 0.25) is 0 Å². The van der Waals surface area contributed by atoms with E-state index in [4.69, 9.17) is 9.47 Å². The zero-order chi connectivity index (χ0) is 10.8. The quantitative estimate of drug-likeness (QED) is 0.505. The van der Waals surface area contributed by atoms with Gasteiger partial charge >= 0.3 is 0 Å². The van der Waals surface area contributed by atoms with Crippen molar-refractivity contribution in [2.45, 2.75) is 56.4 Å². The van der Waals surface area contributed by atoms with Crippen LogP contribution in [0.5, 0.6) is 0 Å². The van der Waals surface area contributed by atoms with Crippen molar-refractivity contribution in [3.8, 4) is 0 Å². The summed E-state index contributed by atoms with van der Waals surface area (Å²) < 4.78 is 10.7. The molecule has 2 bridgehead atoms. The highest BCUT2D eigenvalue weighted by Gasteiger charge is 2.44. The minimum Gasteiger partial charge on any atom is -0.388 e. The third-order valence-electron chi connectivity index (χ3n) is 3.08. The van der Waals surface area contributed by atoms with Crippen molar-refractivity contribution in [3.63, 3.8) is 0 Å². The molecule has 2 aliphatic rings. The van der Waals surface area contributed by atoms with E-state index in [1.54, 1.807) is 0 Å². The normalized spacial score (nSPS) is 47.8. The van der Waals surface area contributed by atoms with Crippen LogP contribution < -0.4 is 0 Å². The third-order valence-corrected chi connectivity index (χ3v) is 3.08. The molecule has 0 aromatic rings. The Morgan fingerprint density at radius 3 is 2.47 bits per heavy atom. The van der Waals surface area contributed by atoms with Crippen molar-refractivity contribution < 1.29 is 24.8 Å². The Labute approximate surface area is 88.6 Å². The van der Waals surface area contributed by atoms with Crippen LogP contribution in [0.25, 0.3) is 0 Å². The number of fused-ring (bicyclic) bond motifs is 2. The van der Waals surface area contributed by atoms with Gasteiger partial charge in [-0.25, -0.2) is 0 Å². The Hall–Kier alpha value is -0.200. The van der Waals surface area contributed by atoms with Gasteiger partial charge in [0.2, 0.25) is 0 Å². The fourth-order valence-electron chi connectivity index (χ4n) is 2.12. The molecule has 88 valence electrons. The molecule has 0 saturated carbocycles. The van der Waals surface area contributed by atoms with Crippen LogP contribution in [0.3, 0.4) is 0 Å². The smallest absolute Gasteiger partial charge is 0.186 e. The predicted octanol–water partition coefficient (Wildman–Crippen LogP) is -0.615. The first-order valence-electron chi connectivity index (χ1n) is 5.51. The van der Waals surface area contributed by atoms with Crippen LogP contribution in [0.4, 0.5) is 0 Å². The predicted molar refractivity (Wildman–Crippen MR) is 51.1 cm³/mol. The molecule has 0 spiro atoms. The number of hydrogen-bond acceptors (Lipinski definition) is 5. The maximum atomic E-state index is 9.68. The zero-order valence-corrected chi connectivity index (χ0v) is 8.58. The lowest BCUT2D eigenvalue weighted by atomic mass is 9.95.